The Morgan fingerprint density at radius 2 is 1.63 bits per heavy atom. The molecular weight excluding hydrogens is 444 g/mol. The van der Waals surface area contributed by atoms with Crippen LogP contribution in [0.2, 0.25) is 0 Å². The normalized spacial score (nSPS) is 33.3. The highest BCUT2D eigenvalue weighted by atomic mass is 16.5. The number of carbonyl (C=O) groups excluding carboxylic acids is 3. The molecule has 6 rings (SSSR count). The minimum atomic E-state index is -0.820. The summed E-state index contributed by atoms with van der Waals surface area (Å²) >= 11 is 0. The maximum Gasteiger partial charge on any atom is 0.329 e. The number of rotatable bonds is 7. The van der Waals surface area contributed by atoms with Gasteiger partial charge in [0.05, 0.1) is 11.5 Å². The third-order valence-corrected chi connectivity index (χ3v) is 8.78. The first-order chi connectivity index (χ1) is 16.7. The number of nitrogens with zero attached hydrogens (tertiary/aromatic N) is 2. The molecule has 0 radical (unpaired) electrons. The zero-order chi connectivity index (χ0) is 24.7. The third-order valence-electron chi connectivity index (χ3n) is 8.78. The summed E-state index contributed by atoms with van der Waals surface area (Å²) in [4.78, 5) is 43.1. The quantitative estimate of drug-likeness (QED) is 0.604. The molecule has 0 spiro atoms. The number of benzene rings is 1. The average molecular weight is 483 g/mol. The van der Waals surface area contributed by atoms with E-state index in [1.807, 2.05) is 44.2 Å². The first-order valence-corrected chi connectivity index (χ1v) is 13.2. The van der Waals surface area contributed by atoms with Gasteiger partial charge in [0.2, 0.25) is 5.91 Å². The lowest BCUT2D eigenvalue weighted by Gasteiger charge is -2.56. The van der Waals surface area contributed by atoms with E-state index in [2.05, 4.69) is 0 Å². The summed E-state index contributed by atoms with van der Waals surface area (Å²) in [6, 6.07) is 8.84. The Balaban J connectivity index is 1.23. The molecule has 1 heterocycles. The summed E-state index contributed by atoms with van der Waals surface area (Å²) < 4.78 is 5.47. The number of carbonyl (C=O) groups is 3. The van der Waals surface area contributed by atoms with Gasteiger partial charge in [0.15, 0.2) is 6.61 Å². The molecule has 4 saturated carbocycles. The van der Waals surface area contributed by atoms with Crippen LogP contribution in [0.15, 0.2) is 30.3 Å². The van der Waals surface area contributed by atoms with Crippen LogP contribution in [0.5, 0.6) is 0 Å². The van der Waals surface area contributed by atoms with Crippen LogP contribution in [0, 0.1) is 23.2 Å². The number of hydrogen-bond acceptors (Lipinski definition) is 5. The fourth-order valence-corrected chi connectivity index (χ4v) is 7.59. The van der Waals surface area contributed by atoms with Crippen molar-refractivity contribution in [3.05, 3.63) is 35.9 Å². The molecule has 1 aromatic rings. The van der Waals surface area contributed by atoms with Crippen molar-refractivity contribution in [3.63, 3.8) is 0 Å². The van der Waals surface area contributed by atoms with Gasteiger partial charge >= 0.3 is 5.97 Å². The Kier molecular flexibility index (Phi) is 6.64. The van der Waals surface area contributed by atoms with Gasteiger partial charge in [-0.2, -0.15) is 0 Å². The van der Waals surface area contributed by atoms with E-state index >= 15 is 0 Å². The molecule has 1 unspecified atom stereocenters. The van der Waals surface area contributed by atoms with E-state index in [1.54, 1.807) is 9.80 Å². The maximum absolute atomic E-state index is 13.8. The molecule has 1 aliphatic heterocycles. The Morgan fingerprint density at radius 1 is 1.03 bits per heavy atom. The van der Waals surface area contributed by atoms with E-state index in [0.717, 1.165) is 24.8 Å². The molecule has 1 N–H and O–H groups in total. The van der Waals surface area contributed by atoms with Crippen molar-refractivity contribution in [1.82, 2.24) is 9.80 Å². The van der Waals surface area contributed by atoms with Crippen LogP contribution in [0.1, 0.15) is 64.4 Å². The van der Waals surface area contributed by atoms with Gasteiger partial charge in [0, 0.05) is 25.6 Å². The molecule has 4 bridgehead atoms. The van der Waals surface area contributed by atoms with Crippen LogP contribution in [0.4, 0.5) is 0 Å². The van der Waals surface area contributed by atoms with E-state index in [4.69, 9.17) is 4.74 Å². The summed E-state index contributed by atoms with van der Waals surface area (Å²) in [5, 5.41) is 10.4. The Morgan fingerprint density at radius 3 is 2.20 bits per heavy atom. The molecule has 1 saturated heterocycles. The Labute approximate surface area is 207 Å². The monoisotopic (exact) mass is 482 g/mol. The highest BCUT2D eigenvalue weighted by Gasteiger charge is 2.57. The number of ether oxygens (including phenoxy) is 1. The van der Waals surface area contributed by atoms with E-state index in [0.29, 0.717) is 24.3 Å². The minimum Gasteiger partial charge on any atom is -0.454 e. The SMILES string of the molecule is CC(C)N(Cc1ccccc1)C(=O)COC(=O)[C@@H]1CC(O)CN1C(=O)C12CC3CC(CC(C3)C1)C2. The Bertz CT molecular complexity index is 926. The maximum atomic E-state index is 13.8. The van der Waals surface area contributed by atoms with E-state index in [-0.39, 0.29) is 42.8 Å². The van der Waals surface area contributed by atoms with E-state index in [9.17, 15) is 19.5 Å². The molecular formula is C28H38N2O5. The second kappa shape index (κ2) is 9.57. The van der Waals surface area contributed by atoms with Crippen molar-refractivity contribution < 1.29 is 24.2 Å². The second-order valence-corrected chi connectivity index (χ2v) is 11.8. The predicted octanol–water partition coefficient (Wildman–Crippen LogP) is 3.15. The van der Waals surface area contributed by atoms with Gasteiger partial charge in [0.1, 0.15) is 6.04 Å². The molecule has 7 heteroatoms. The van der Waals surface area contributed by atoms with Gasteiger partial charge in [0.25, 0.3) is 5.91 Å². The number of hydrogen-bond donors (Lipinski definition) is 1. The van der Waals surface area contributed by atoms with Crippen LogP contribution in [0.25, 0.3) is 0 Å². The van der Waals surface area contributed by atoms with Gasteiger partial charge < -0.3 is 19.6 Å². The highest BCUT2D eigenvalue weighted by Crippen LogP contribution is 2.60. The lowest BCUT2D eigenvalue weighted by atomic mass is 9.49. The number of β-amino-alcohol motifs (C(OH)–C–C–N with tert-alkyl or cyclic N) is 1. The number of esters is 1. The van der Waals surface area contributed by atoms with E-state index in [1.165, 1.54) is 19.3 Å². The summed E-state index contributed by atoms with van der Waals surface area (Å²) in [7, 11) is 0. The number of likely N-dealkylation sites (tertiary alicyclic amines) is 1. The largest absolute Gasteiger partial charge is 0.454 e. The van der Waals surface area contributed by atoms with Crippen LogP contribution >= 0.6 is 0 Å². The van der Waals surface area contributed by atoms with Gasteiger partial charge in [-0.3, -0.25) is 9.59 Å². The van der Waals surface area contributed by atoms with Crippen LogP contribution < -0.4 is 0 Å². The van der Waals surface area contributed by atoms with Crippen molar-refractivity contribution in [2.24, 2.45) is 23.2 Å². The highest BCUT2D eigenvalue weighted by molar-refractivity contribution is 5.90. The smallest absolute Gasteiger partial charge is 0.329 e. The third kappa shape index (κ3) is 4.84. The number of aliphatic hydroxyl groups is 1. The first kappa shape index (κ1) is 24.3. The summed E-state index contributed by atoms with van der Waals surface area (Å²) in [5.41, 5.74) is 0.629. The van der Waals surface area contributed by atoms with E-state index < -0.39 is 18.1 Å². The van der Waals surface area contributed by atoms with Crippen molar-refractivity contribution in [2.45, 2.75) is 83.5 Å². The molecule has 190 valence electrons. The molecule has 2 amide bonds. The van der Waals surface area contributed by atoms with Crippen LogP contribution in [0.3, 0.4) is 0 Å². The molecule has 5 fully saturated rings. The molecule has 2 atom stereocenters. The molecule has 5 aliphatic rings. The van der Waals surface area contributed by atoms with Gasteiger partial charge in [-0.05, 0) is 75.7 Å². The van der Waals surface area contributed by atoms with Crippen molar-refractivity contribution in [1.29, 1.82) is 0 Å². The summed E-state index contributed by atoms with van der Waals surface area (Å²) in [6.07, 6.45) is 5.86. The molecule has 35 heavy (non-hydrogen) atoms. The fraction of sp³-hybridized carbons (Fsp3) is 0.679. The van der Waals surface area contributed by atoms with Crippen molar-refractivity contribution in [2.75, 3.05) is 13.2 Å². The zero-order valence-electron chi connectivity index (χ0n) is 20.9. The topological polar surface area (TPSA) is 87.2 Å². The number of aliphatic hydroxyl groups excluding tert-OH is 1. The first-order valence-electron chi connectivity index (χ1n) is 13.2. The Hall–Kier alpha value is -2.41. The number of amides is 2. The van der Waals surface area contributed by atoms with Gasteiger partial charge in [-0.25, -0.2) is 4.79 Å². The average Bonchev–Trinajstić information content (AvgIpc) is 3.21. The lowest BCUT2D eigenvalue weighted by molar-refractivity contribution is -0.167. The molecule has 4 aliphatic carbocycles. The lowest BCUT2D eigenvalue weighted by Crippen LogP contribution is -2.56. The molecule has 1 aromatic carbocycles. The summed E-state index contributed by atoms with van der Waals surface area (Å²) in [5.74, 6) is 1.02. The van der Waals surface area contributed by atoms with Gasteiger partial charge in [-0.1, -0.05) is 30.3 Å². The second-order valence-electron chi connectivity index (χ2n) is 11.8. The van der Waals surface area contributed by atoms with Crippen molar-refractivity contribution >= 4 is 17.8 Å². The van der Waals surface area contributed by atoms with Crippen LogP contribution in [-0.4, -0.2) is 64.0 Å². The molecule has 0 aromatic heterocycles. The van der Waals surface area contributed by atoms with Gasteiger partial charge in [-0.15, -0.1) is 0 Å². The molecule has 7 nitrogen and oxygen atoms in total. The van der Waals surface area contributed by atoms with Crippen LogP contribution in [-0.2, 0) is 25.7 Å². The zero-order valence-corrected chi connectivity index (χ0v) is 20.9. The van der Waals surface area contributed by atoms with Crippen molar-refractivity contribution in [3.8, 4) is 0 Å². The fourth-order valence-electron chi connectivity index (χ4n) is 7.59. The standard InChI is InChI=1S/C28H38N2O5/c1-18(2)29(15-19-6-4-3-5-7-19)25(32)17-35-26(33)24-11-23(31)16-30(24)27(34)28-12-20-8-21(13-28)10-22(9-20)14-28/h3-7,18,20-24,31H,8-17H2,1-2H3/t20?,21?,22?,23?,24-,28?/m0/s1. The minimum absolute atomic E-state index is 0.0225. The summed E-state index contributed by atoms with van der Waals surface area (Å²) in [6.45, 7) is 4.10. The predicted molar refractivity (Wildman–Crippen MR) is 130 cm³/mol.